The van der Waals surface area contributed by atoms with Crippen LogP contribution in [-0.4, -0.2) is 61.3 Å². The minimum atomic E-state index is -0.121. The van der Waals surface area contributed by atoms with Crippen LogP contribution < -0.4 is 18.9 Å². The van der Waals surface area contributed by atoms with E-state index in [-0.39, 0.29) is 12.0 Å². The highest BCUT2D eigenvalue weighted by Crippen LogP contribution is 2.28. The monoisotopic (exact) mass is 387 g/mol. The lowest BCUT2D eigenvalue weighted by Crippen LogP contribution is -2.45. The zero-order valence-corrected chi connectivity index (χ0v) is 16.4. The summed E-state index contributed by atoms with van der Waals surface area (Å²) in [4.78, 5) is 22.9. The lowest BCUT2D eigenvalue weighted by atomic mass is 10.1. The van der Waals surface area contributed by atoms with Crippen molar-refractivity contribution in [2.24, 2.45) is 0 Å². The molecule has 1 amide bonds. The molecule has 0 aliphatic carbocycles. The first-order chi connectivity index (χ1) is 13.6. The van der Waals surface area contributed by atoms with Crippen LogP contribution >= 0.6 is 0 Å². The molecule has 0 spiro atoms. The number of nitrogens with zero attached hydrogens (tertiary/aromatic N) is 3. The Bertz CT molecular complexity index is 814. The summed E-state index contributed by atoms with van der Waals surface area (Å²) in [6, 6.07) is 5.52. The third-order valence-corrected chi connectivity index (χ3v) is 4.62. The van der Waals surface area contributed by atoms with Crippen LogP contribution in [0.1, 0.15) is 18.4 Å². The molecule has 1 atom stereocenters. The van der Waals surface area contributed by atoms with E-state index in [0.29, 0.717) is 36.2 Å². The predicted molar refractivity (Wildman–Crippen MR) is 102 cm³/mol. The maximum absolute atomic E-state index is 12.8. The van der Waals surface area contributed by atoms with Gasteiger partial charge in [0.1, 0.15) is 6.10 Å². The van der Waals surface area contributed by atoms with Crippen molar-refractivity contribution in [1.29, 1.82) is 0 Å². The fourth-order valence-corrected chi connectivity index (χ4v) is 3.19. The standard InChI is InChI=1S/C20H25N3O5/c1-25-16-7-6-14(9-17(16)26-2)10-20(24)23-8-4-5-15(13-23)28-19-12-21-11-18(22-19)27-3/h6-7,9,11-12,15H,4-5,8,10,13H2,1-3H3. The molecule has 8 heteroatoms. The molecule has 2 heterocycles. The summed E-state index contributed by atoms with van der Waals surface area (Å²) in [6.45, 7) is 1.24. The van der Waals surface area contributed by atoms with Crippen molar-refractivity contribution in [3.63, 3.8) is 0 Å². The quantitative estimate of drug-likeness (QED) is 0.719. The molecule has 150 valence electrons. The van der Waals surface area contributed by atoms with Crippen LogP contribution in [0, 0.1) is 0 Å². The lowest BCUT2D eigenvalue weighted by molar-refractivity contribution is -0.133. The normalized spacial score (nSPS) is 16.4. The Balaban J connectivity index is 1.61. The molecule has 0 radical (unpaired) electrons. The summed E-state index contributed by atoms with van der Waals surface area (Å²) in [5, 5.41) is 0. The van der Waals surface area contributed by atoms with Crippen molar-refractivity contribution < 1.29 is 23.7 Å². The predicted octanol–water partition coefficient (Wildman–Crippen LogP) is 2.11. The first-order valence-corrected chi connectivity index (χ1v) is 9.14. The van der Waals surface area contributed by atoms with E-state index < -0.39 is 0 Å². The smallest absolute Gasteiger partial charge is 0.235 e. The third-order valence-electron chi connectivity index (χ3n) is 4.62. The van der Waals surface area contributed by atoms with Gasteiger partial charge in [-0.2, -0.15) is 4.98 Å². The fourth-order valence-electron chi connectivity index (χ4n) is 3.19. The van der Waals surface area contributed by atoms with E-state index in [0.717, 1.165) is 24.9 Å². The van der Waals surface area contributed by atoms with Gasteiger partial charge in [-0.15, -0.1) is 0 Å². The topological polar surface area (TPSA) is 83.0 Å². The zero-order chi connectivity index (χ0) is 19.9. The van der Waals surface area contributed by atoms with Gasteiger partial charge >= 0.3 is 0 Å². The van der Waals surface area contributed by atoms with Gasteiger partial charge in [0.05, 0.1) is 46.7 Å². The van der Waals surface area contributed by atoms with Crippen molar-refractivity contribution in [1.82, 2.24) is 14.9 Å². The number of aromatic nitrogens is 2. The minimum Gasteiger partial charge on any atom is -0.493 e. The number of methoxy groups -OCH3 is 3. The van der Waals surface area contributed by atoms with Crippen LogP contribution in [0.5, 0.6) is 23.3 Å². The van der Waals surface area contributed by atoms with E-state index in [1.807, 2.05) is 23.1 Å². The molecular weight excluding hydrogens is 362 g/mol. The van der Waals surface area contributed by atoms with Gasteiger partial charge < -0.3 is 23.8 Å². The van der Waals surface area contributed by atoms with Crippen molar-refractivity contribution in [3.8, 4) is 23.3 Å². The van der Waals surface area contributed by atoms with E-state index >= 15 is 0 Å². The number of likely N-dealkylation sites (tertiary alicyclic amines) is 1. The summed E-state index contributed by atoms with van der Waals surface area (Å²) >= 11 is 0. The Labute approximate surface area is 164 Å². The molecule has 0 bridgehead atoms. The molecule has 1 saturated heterocycles. The van der Waals surface area contributed by atoms with Gasteiger partial charge in [0.15, 0.2) is 11.5 Å². The van der Waals surface area contributed by atoms with E-state index in [2.05, 4.69) is 9.97 Å². The van der Waals surface area contributed by atoms with E-state index in [1.165, 1.54) is 13.3 Å². The van der Waals surface area contributed by atoms with Gasteiger partial charge in [-0.25, -0.2) is 0 Å². The Morgan fingerprint density at radius 1 is 1.11 bits per heavy atom. The van der Waals surface area contributed by atoms with E-state index in [1.54, 1.807) is 20.4 Å². The number of ether oxygens (including phenoxy) is 4. The first kappa shape index (κ1) is 19.7. The summed E-state index contributed by atoms with van der Waals surface area (Å²) in [7, 11) is 4.70. The lowest BCUT2D eigenvalue weighted by Gasteiger charge is -2.32. The van der Waals surface area contributed by atoms with E-state index in [4.69, 9.17) is 18.9 Å². The van der Waals surface area contributed by atoms with Crippen LogP contribution in [0.2, 0.25) is 0 Å². The minimum absolute atomic E-state index is 0.0530. The van der Waals surface area contributed by atoms with E-state index in [9.17, 15) is 4.79 Å². The summed E-state index contributed by atoms with van der Waals surface area (Å²) < 4.78 is 21.5. The Kier molecular flexibility index (Phi) is 6.52. The van der Waals surface area contributed by atoms with Crippen molar-refractivity contribution in [2.75, 3.05) is 34.4 Å². The van der Waals surface area contributed by atoms with Crippen LogP contribution in [0.25, 0.3) is 0 Å². The second-order valence-electron chi connectivity index (χ2n) is 6.49. The zero-order valence-electron chi connectivity index (χ0n) is 16.4. The van der Waals surface area contributed by atoms with Gasteiger partial charge in [-0.05, 0) is 30.5 Å². The summed E-state index contributed by atoms with van der Waals surface area (Å²) in [5.74, 6) is 2.11. The molecule has 3 rings (SSSR count). The third kappa shape index (κ3) is 4.82. The van der Waals surface area contributed by atoms with Gasteiger partial charge in [0.25, 0.3) is 0 Å². The number of carbonyl (C=O) groups is 1. The van der Waals surface area contributed by atoms with Crippen LogP contribution in [0.3, 0.4) is 0 Å². The van der Waals surface area contributed by atoms with Crippen LogP contribution in [0.15, 0.2) is 30.6 Å². The first-order valence-electron chi connectivity index (χ1n) is 9.14. The number of piperidine rings is 1. The molecule has 2 aromatic rings. The average Bonchev–Trinajstić information content (AvgIpc) is 2.74. The number of hydrogen-bond donors (Lipinski definition) is 0. The number of hydrogen-bond acceptors (Lipinski definition) is 7. The van der Waals surface area contributed by atoms with Crippen LogP contribution in [-0.2, 0) is 11.2 Å². The maximum Gasteiger partial charge on any atom is 0.235 e. The summed E-state index contributed by atoms with van der Waals surface area (Å²) in [6.07, 6.45) is 4.98. The molecule has 1 aromatic carbocycles. The highest BCUT2D eigenvalue weighted by molar-refractivity contribution is 5.79. The Hall–Kier alpha value is -3.03. The van der Waals surface area contributed by atoms with Gasteiger partial charge in [0, 0.05) is 6.54 Å². The molecule has 1 aliphatic rings. The largest absolute Gasteiger partial charge is 0.493 e. The molecule has 0 saturated carbocycles. The molecule has 8 nitrogen and oxygen atoms in total. The maximum atomic E-state index is 12.8. The summed E-state index contributed by atoms with van der Waals surface area (Å²) in [5.41, 5.74) is 0.879. The van der Waals surface area contributed by atoms with Crippen molar-refractivity contribution in [2.45, 2.75) is 25.4 Å². The second-order valence-corrected chi connectivity index (χ2v) is 6.49. The number of carbonyl (C=O) groups excluding carboxylic acids is 1. The Morgan fingerprint density at radius 2 is 1.89 bits per heavy atom. The molecule has 28 heavy (non-hydrogen) atoms. The molecule has 1 unspecified atom stereocenters. The van der Waals surface area contributed by atoms with Crippen LogP contribution in [0.4, 0.5) is 0 Å². The Morgan fingerprint density at radius 3 is 2.64 bits per heavy atom. The molecule has 1 fully saturated rings. The van der Waals surface area contributed by atoms with Crippen molar-refractivity contribution in [3.05, 3.63) is 36.2 Å². The molecule has 1 aromatic heterocycles. The number of rotatable bonds is 7. The number of amides is 1. The SMILES string of the molecule is COc1cncc(OC2CCCN(C(=O)Cc3ccc(OC)c(OC)c3)C2)n1. The molecular formula is C20H25N3O5. The fraction of sp³-hybridized carbons (Fsp3) is 0.450. The van der Waals surface area contributed by atoms with Gasteiger partial charge in [-0.1, -0.05) is 6.07 Å². The second kappa shape index (κ2) is 9.25. The highest BCUT2D eigenvalue weighted by Gasteiger charge is 2.25. The van der Waals surface area contributed by atoms with Gasteiger partial charge in [0.2, 0.25) is 17.7 Å². The highest BCUT2D eigenvalue weighted by atomic mass is 16.5. The molecule has 0 N–H and O–H groups in total. The van der Waals surface area contributed by atoms with Crippen molar-refractivity contribution >= 4 is 5.91 Å². The number of benzene rings is 1. The van der Waals surface area contributed by atoms with Gasteiger partial charge in [-0.3, -0.25) is 9.78 Å². The molecule has 1 aliphatic heterocycles. The average molecular weight is 387 g/mol.